The van der Waals surface area contributed by atoms with E-state index in [0.29, 0.717) is 24.3 Å². The summed E-state index contributed by atoms with van der Waals surface area (Å²) >= 11 is 0. The number of nitrogens with zero attached hydrogens (tertiary/aromatic N) is 3. The van der Waals surface area contributed by atoms with Crippen LogP contribution in [-0.2, 0) is 34.3 Å². The van der Waals surface area contributed by atoms with Gasteiger partial charge in [-0.05, 0) is 70.7 Å². The van der Waals surface area contributed by atoms with Crippen LogP contribution in [0.5, 0.6) is 0 Å². The van der Waals surface area contributed by atoms with Crippen LogP contribution in [0.1, 0.15) is 44.7 Å². The number of carbonyl (C=O) groups excluding carboxylic acids is 1. The number of aromatic nitrogens is 3. The zero-order valence-corrected chi connectivity index (χ0v) is 21.9. The molecule has 1 aliphatic heterocycles. The highest BCUT2D eigenvalue weighted by atomic mass is 16.5. The van der Waals surface area contributed by atoms with Crippen LogP contribution in [0.4, 0.5) is 0 Å². The van der Waals surface area contributed by atoms with E-state index >= 15 is 0 Å². The van der Waals surface area contributed by atoms with Crippen LogP contribution in [0.25, 0.3) is 22.4 Å². The normalized spacial score (nSPS) is 17.6. The van der Waals surface area contributed by atoms with Crippen LogP contribution < -0.4 is 5.56 Å². The maximum Gasteiger partial charge on any atom is 0.311 e. The van der Waals surface area contributed by atoms with Gasteiger partial charge < -0.3 is 23.7 Å². The average Bonchev–Trinajstić information content (AvgIpc) is 3.45. The van der Waals surface area contributed by atoms with Gasteiger partial charge in [-0.3, -0.25) is 9.59 Å². The zero-order valence-electron chi connectivity index (χ0n) is 21.9. The first-order valence-corrected chi connectivity index (χ1v) is 12.8. The summed E-state index contributed by atoms with van der Waals surface area (Å²) in [6, 6.07) is 8.10. The molecule has 0 bridgehead atoms. The summed E-state index contributed by atoms with van der Waals surface area (Å²) in [6.07, 6.45) is 2.96. The van der Waals surface area contributed by atoms with Gasteiger partial charge in [-0.1, -0.05) is 6.07 Å². The summed E-state index contributed by atoms with van der Waals surface area (Å²) in [6.45, 7) is 9.37. The van der Waals surface area contributed by atoms with Crippen molar-refractivity contribution in [3.05, 3.63) is 51.9 Å². The van der Waals surface area contributed by atoms with Crippen molar-refractivity contribution in [2.75, 3.05) is 13.2 Å². The topological polar surface area (TPSA) is 95.6 Å². The summed E-state index contributed by atoms with van der Waals surface area (Å²) in [7, 11) is 1.76. The maximum absolute atomic E-state index is 12.4. The molecule has 8 heteroatoms. The lowest BCUT2D eigenvalue weighted by molar-refractivity contribution is -0.156. The molecular formula is C28H37N3O5. The van der Waals surface area contributed by atoms with Gasteiger partial charge in [0.1, 0.15) is 5.82 Å². The Labute approximate surface area is 211 Å². The lowest BCUT2D eigenvalue weighted by atomic mass is 9.95. The number of hydrogen-bond acceptors (Lipinski definition) is 6. The second-order valence-electron chi connectivity index (χ2n) is 10.3. The number of imidazole rings is 1. The molecule has 2 aromatic heterocycles. The van der Waals surface area contributed by atoms with Gasteiger partial charge >= 0.3 is 5.97 Å². The highest BCUT2D eigenvalue weighted by Crippen LogP contribution is 2.29. The number of esters is 1. The van der Waals surface area contributed by atoms with Gasteiger partial charge in [-0.2, -0.15) is 0 Å². The summed E-state index contributed by atoms with van der Waals surface area (Å²) in [5.41, 5.74) is 4.50. The predicted octanol–water partition coefficient (Wildman–Crippen LogP) is 3.63. The molecule has 4 rings (SSSR count). The Hall–Kier alpha value is -2.97. The van der Waals surface area contributed by atoms with Gasteiger partial charge in [-0.25, -0.2) is 4.98 Å². The first-order chi connectivity index (χ1) is 17.1. The third-order valence-electron chi connectivity index (χ3n) is 6.88. The van der Waals surface area contributed by atoms with Gasteiger partial charge in [0, 0.05) is 43.4 Å². The van der Waals surface area contributed by atoms with Crippen molar-refractivity contribution >= 4 is 17.0 Å². The van der Waals surface area contributed by atoms with Crippen molar-refractivity contribution in [2.24, 2.45) is 18.9 Å². The third kappa shape index (κ3) is 5.71. The maximum atomic E-state index is 12.4. The Morgan fingerprint density at radius 2 is 2.06 bits per heavy atom. The van der Waals surface area contributed by atoms with Crippen LogP contribution in [0.15, 0.2) is 35.3 Å². The molecule has 0 saturated carbocycles. The minimum Gasteiger partial charge on any atom is -0.463 e. The van der Waals surface area contributed by atoms with Gasteiger partial charge in [0.2, 0.25) is 0 Å². The molecule has 0 radical (unpaired) electrons. The Morgan fingerprint density at radius 3 is 2.69 bits per heavy atom. The van der Waals surface area contributed by atoms with Crippen LogP contribution in [0.3, 0.4) is 0 Å². The summed E-state index contributed by atoms with van der Waals surface area (Å²) in [5.74, 6) is 0.298. The summed E-state index contributed by atoms with van der Waals surface area (Å²) in [5, 5.41) is 10.2. The molecule has 1 saturated heterocycles. The Kier molecular flexibility index (Phi) is 7.95. The molecule has 1 N–H and O–H groups in total. The third-order valence-corrected chi connectivity index (χ3v) is 6.88. The molecule has 8 nitrogen and oxygen atoms in total. The van der Waals surface area contributed by atoms with Crippen molar-refractivity contribution in [3.63, 3.8) is 0 Å². The second-order valence-corrected chi connectivity index (χ2v) is 10.3. The Balaban J connectivity index is 1.67. The standard InChI is InChI=1S/C28H37N3O5/c1-17(2)36-28(34)23(19(4)32)8-6-20-7-9-25-24(13-20)29-26(31(25)14-21-10-11-35-16-21)22-12-18(3)27(33)30(5)15-22/h7,9,12-13,15,17,19,21,23,32H,6,8,10-11,14,16H2,1-5H3/t19-,21?,23+/m1/s1. The highest BCUT2D eigenvalue weighted by Gasteiger charge is 2.26. The largest absolute Gasteiger partial charge is 0.463 e. The van der Waals surface area contributed by atoms with Gasteiger partial charge in [0.15, 0.2) is 0 Å². The number of fused-ring (bicyclic) bond motifs is 1. The smallest absolute Gasteiger partial charge is 0.311 e. The van der Waals surface area contributed by atoms with Crippen molar-refractivity contribution in [1.82, 2.24) is 14.1 Å². The molecular weight excluding hydrogens is 458 g/mol. The van der Waals surface area contributed by atoms with Crippen LogP contribution in [0, 0.1) is 18.8 Å². The molecule has 1 unspecified atom stereocenters. The fraction of sp³-hybridized carbons (Fsp3) is 0.536. The van der Waals surface area contributed by atoms with E-state index in [-0.39, 0.29) is 17.6 Å². The minimum absolute atomic E-state index is 0.0171. The monoisotopic (exact) mass is 495 g/mol. The molecule has 3 aromatic rings. The fourth-order valence-electron chi connectivity index (χ4n) is 4.92. The number of benzene rings is 1. The lowest BCUT2D eigenvalue weighted by Gasteiger charge is -2.20. The number of aliphatic hydroxyl groups excluding tert-OH is 1. The first kappa shape index (κ1) is 26.1. The number of pyridine rings is 1. The van der Waals surface area contributed by atoms with E-state index in [2.05, 4.69) is 22.8 Å². The van der Waals surface area contributed by atoms with Crippen LogP contribution >= 0.6 is 0 Å². The van der Waals surface area contributed by atoms with Crippen molar-refractivity contribution in [1.29, 1.82) is 0 Å². The van der Waals surface area contributed by atoms with Crippen LogP contribution in [0.2, 0.25) is 0 Å². The minimum atomic E-state index is -0.785. The molecule has 36 heavy (non-hydrogen) atoms. The highest BCUT2D eigenvalue weighted by molar-refractivity contribution is 5.81. The molecule has 194 valence electrons. The van der Waals surface area contributed by atoms with E-state index in [9.17, 15) is 14.7 Å². The molecule has 1 fully saturated rings. The predicted molar refractivity (Wildman–Crippen MR) is 139 cm³/mol. The average molecular weight is 496 g/mol. The molecule has 0 aliphatic carbocycles. The van der Waals surface area contributed by atoms with Gasteiger partial charge in [0.25, 0.3) is 5.56 Å². The first-order valence-electron chi connectivity index (χ1n) is 12.8. The number of rotatable bonds is 9. The number of carbonyl (C=O) groups is 1. The SMILES string of the molecule is Cc1cc(-c2nc3cc(CC[C@H](C(=O)OC(C)C)[C@@H](C)O)ccc3n2CC2CCOC2)cn(C)c1=O. The quantitative estimate of drug-likeness (QED) is 0.456. The van der Waals surface area contributed by atoms with E-state index in [4.69, 9.17) is 14.5 Å². The van der Waals surface area contributed by atoms with Gasteiger partial charge in [-0.15, -0.1) is 0 Å². The van der Waals surface area contributed by atoms with E-state index in [1.54, 1.807) is 18.5 Å². The van der Waals surface area contributed by atoms with Crippen molar-refractivity contribution < 1.29 is 19.4 Å². The number of hydrogen-bond donors (Lipinski definition) is 1. The summed E-state index contributed by atoms with van der Waals surface area (Å²) in [4.78, 5) is 29.7. The van der Waals surface area contributed by atoms with Crippen molar-refractivity contribution in [2.45, 2.75) is 65.7 Å². The number of aryl methyl sites for hydroxylation is 3. The lowest BCUT2D eigenvalue weighted by Crippen LogP contribution is -2.30. The molecule has 1 aliphatic rings. The number of ether oxygens (including phenoxy) is 2. The Bertz CT molecular complexity index is 1260. The molecule has 0 spiro atoms. The molecule has 1 aromatic carbocycles. The van der Waals surface area contributed by atoms with Gasteiger partial charge in [0.05, 0.1) is 35.8 Å². The molecule has 0 amide bonds. The Morgan fingerprint density at radius 1 is 1.28 bits per heavy atom. The number of aliphatic hydroxyl groups is 1. The summed E-state index contributed by atoms with van der Waals surface area (Å²) < 4.78 is 14.8. The molecule has 3 atom stereocenters. The van der Waals surface area contributed by atoms with E-state index in [1.807, 2.05) is 33.0 Å². The second kappa shape index (κ2) is 11.0. The van der Waals surface area contributed by atoms with Crippen LogP contribution in [-0.4, -0.2) is 50.6 Å². The fourth-order valence-corrected chi connectivity index (χ4v) is 4.92. The zero-order chi connectivity index (χ0) is 26.0. The molecule has 3 heterocycles. The van der Waals surface area contributed by atoms with E-state index in [1.165, 1.54) is 0 Å². The van der Waals surface area contributed by atoms with E-state index < -0.39 is 12.0 Å². The van der Waals surface area contributed by atoms with E-state index in [0.717, 1.165) is 54.2 Å². The van der Waals surface area contributed by atoms with Crippen molar-refractivity contribution in [3.8, 4) is 11.4 Å².